The quantitative estimate of drug-likeness (QED) is 0.635. The van der Waals surface area contributed by atoms with Crippen molar-refractivity contribution in [1.82, 2.24) is 4.90 Å². The Hall–Kier alpha value is -1.06. The Labute approximate surface area is 95.9 Å². The molecule has 90 valence electrons. The number of rotatable bonds is 0. The van der Waals surface area contributed by atoms with E-state index in [0.717, 1.165) is 19.3 Å². The van der Waals surface area contributed by atoms with Crippen LogP contribution in [0.4, 0.5) is 4.79 Å². The second-order valence-electron chi connectivity index (χ2n) is 5.95. The van der Waals surface area contributed by atoms with Crippen LogP contribution in [-0.2, 0) is 9.53 Å². The Morgan fingerprint density at radius 3 is 2.38 bits per heavy atom. The number of carbonyl (C=O) groups is 2. The van der Waals surface area contributed by atoms with Crippen molar-refractivity contribution < 1.29 is 14.3 Å². The smallest absolute Gasteiger partial charge is 0.417 e. The summed E-state index contributed by atoms with van der Waals surface area (Å²) in [5.74, 6) is -0.0713. The minimum absolute atomic E-state index is 0.0713. The fourth-order valence-corrected chi connectivity index (χ4v) is 2.09. The first-order chi connectivity index (χ1) is 7.31. The SMILES string of the molecule is CC(C)(C)OC(=O)N1CCC2(CC2)CC1=O. The van der Waals surface area contributed by atoms with Gasteiger partial charge in [-0.1, -0.05) is 0 Å². The van der Waals surface area contributed by atoms with Crippen LogP contribution in [0.1, 0.15) is 46.5 Å². The molecule has 0 radical (unpaired) electrons. The average Bonchev–Trinajstić information content (AvgIpc) is 2.81. The van der Waals surface area contributed by atoms with E-state index in [1.807, 2.05) is 20.8 Å². The predicted octanol–water partition coefficient (Wildman–Crippen LogP) is 2.32. The molecule has 1 saturated heterocycles. The molecule has 0 atom stereocenters. The van der Waals surface area contributed by atoms with Gasteiger partial charge >= 0.3 is 6.09 Å². The Bertz CT molecular complexity index is 326. The van der Waals surface area contributed by atoms with Crippen molar-refractivity contribution in [3.63, 3.8) is 0 Å². The van der Waals surface area contributed by atoms with E-state index in [1.165, 1.54) is 4.90 Å². The summed E-state index contributed by atoms with van der Waals surface area (Å²) < 4.78 is 5.20. The molecule has 2 rings (SSSR count). The molecule has 16 heavy (non-hydrogen) atoms. The minimum Gasteiger partial charge on any atom is -0.443 e. The Balaban J connectivity index is 1.95. The number of imide groups is 1. The molecule has 1 heterocycles. The van der Waals surface area contributed by atoms with E-state index in [4.69, 9.17) is 4.74 Å². The number of piperidine rings is 1. The zero-order chi connectivity index (χ0) is 12.0. The van der Waals surface area contributed by atoms with Crippen LogP contribution >= 0.6 is 0 Å². The highest BCUT2D eigenvalue weighted by molar-refractivity contribution is 5.93. The largest absolute Gasteiger partial charge is 0.443 e. The molecule has 2 fully saturated rings. The molecule has 0 aromatic rings. The van der Waals surface area contributed by atoms with Crippen molar-refractivity contribution >= 4 is 12.0 Å². The second kappa shape index (κ2) is 3.47. The van der Waals surface area contributed by atoms with Crippen molar-refractivity contribution in [3.05, 3.63) is 0 Å². The standard InChI is InChI=1S/C12H19NO3/c1-11(2,3)16-10(15)13-7-6-12(4-5-12)8-9(13)14/h4-8H2,1-3H3. The third-order valence-electron chi connectivity index (χ3n) is 3.26. The Morgan fingerprint density at radius 1 is 1.31 bits per heavy atom. The van der Waals surface area contributed by atoms with Crippen LogP contribution in [-0.4, -0.2) is 29.0 Å². The highest BCUT2D eigenvalue weighted by Crippen LogP contribution is 2.53. The zero-order valence-corrected chi connectivity index (χ0v) is 10.2. The van der Waals surface area contributed by atoms with Crippen LogP contribution in [0.15, 0.2) is 0 Å². The molecule has 4 nitrogen and oxygen atoms in total. The number of ether oxygens (including phenoxy) is 1. The maximum Gasteiger partial charge on any atom is 0.417 e. The lowest BCUT2D eigenvalue weighted by Gasteiger charge is -2.31. The molecule has 0 aromatic carbocycles. The fourth-order valence-electron chi connectivity index (χ4n) is 2.09. The summed E-state index contributed by atoms with van der Waals surface area (Å²) in [6.45, 7) is 5.94. The van der Waals surface area contributed by atoms with Gasteiger partial charge in [0.1, 0.15) is 5.60 Å². The van der Waals surface area contributed by atoms with E-state index in [-0.39, 0.29) is 11.3 Å². The van der Waals surface area contributed by atoms with E-state index < -0.39 is 11.7 Å². The normalized spacial score (nSPS) is 23.4. The molecule has 4 heteroatoms. The summed E-state index contributed by atoms with van der Waals surface area (Å²) in [6, 6.07) is 0. The molecule has 1 aliphatic carbocycles. The fraction of sp³-hybridized carbons (Fsp3) is 0.833. The van der Waals surface area contributed by atoms with Gasteiger partial charge in [0.25, 0.3) is 0 Å². The van der Waals surface area contributed by atoms with Crippen LogP contribution in [0.2, 0.25) is 0 Å². The van der Waals surface area contributed by atoms with Crippen molar-refractivity contribution in [2.24, 2.45) is 5.41 Å². The molecular weight excluding hydrogens is 206 g/mol. The Morgan fingerprint density at radius 2 is 1.94 bits per heavy atom. The molecular formula is C12H19NO3. The molecule has 0 aromatic heterocycles. The summed E-state index contributed by atoms with van der Waals surface area (Å²) in [5.41, 5.74) is -0.290. The molecule has 1 spiro atoms. The van der Waals surface area contributed by atoms with E-state index in [0.29, 0.717) is 13.0 Å². The monoisotopic (exact) mass is 225 g/mol. The van der Waals surface area contributed by atoms with E-state index >= 15 is 0 Å². The van der Waals surface area contributed by atoms with Gasteiger partial charge in [-0.05, 0) is 45.4 Å². The van der Waals surface area contributed by atoms with Gasteiger partial charge in [-0.3, -0.25) is 4.79 Å². The third kappa shape index (κ3) is 2.36. The molecule has 0 N–H and O–H groups in total. The lowest BCUT2D eigenvalue weighted by molar-refractivity contribution is -0.134. The van der Waals surface area contributed by atoms with Gasteiger partial charge in [0.15, 0.2) is 0 Å². The van der Waals surface area contributed by atoms with E-state index in [9.17, 15) is 9.59 Å². The first-order valence-corrected chi connectivity index (χ1v) is 5.85. The number of carbonyl (C=O) groups excluding carboxylic acids is 2. The van der Waals surface area contributed by atoms with Crippen LogP contribution < -0.4 is 0 Å². The lowest BCUT2D eigenvalue weighted by Crippen LogP contribution is -2.45. The van der Waals surface area contributed by atoms with Crippen LogP contribution in [0.25, 0.3) is 0 Å². The summed E-state index contributed by atoms with van der Waals surface area (Å²) in [7, 11) is 0. The number of amides is 2. The van der Waals surface area contributed by atoms with Gasteiger partial charge in [0, 0.05) is 13.0 Å². The van der Waals surface area contributed by atoms with Gasteiger partial charge in [-0.2, -0.15) is 0 Å². The second-order valence-corrected chi connectivity index (χ2v) is 5.95. The number of hydrogen-bond donors (Lipinski definition) is 0. The molecule has 1 saturated carbocycles. The van der Waals surface area contributed by atoms with Crippen LogP contribution in [0.3, 0.4) is 0 Å². The number of hydrogen-bond acceptors (Lipinski definition) is 3. The lowest BCUT2D eigenvalue weighted by atomic mass is 9.93. The van der Waals surface area contributed by atoms with Gasteiger partial charge < -0.3 is 4.74 Å². The molecule has 0 bridgehead atoms. The third-order valence-corrected chi connectivity index (χ3v) is 3.26. The summed E-state index contributed by atoms with van der Waals surface area (Å²) >= 11 is 0. The summed E-state index contributed by atoms with van der Waals surface area (Å²) in [5, 5.41) is 0. The molecule has 2 amide bonds. The summed E-state index contributed by atoms with van der Waals surface area (Å²) in [4.78, 5) is 24.8. The van der Waals surface area contributed by atoms with Crippen LogP contribution in [0.5, 0.6) is 0 Å². The van der Waals surface area contributed by atoms with E-state index in [1.54, 1.807) is 0 Å². The predicted molar refractivity (Wildman–Crippen MR) is 58.8 cm³/mol. The number of nitrogens with zero attached hydrogens (tertiary/aromatic N) is 1. The average molecular weight is 225 g/mol. The van der Waals surface area contributed by atoms with Gasteiger partial charge in [0.2, 0.25) is 5.91 Å². The molecule has 2 aliphatic rings. The highest BCUT2D eigenvalue weighted by Gasteiger charge is 2.49. The van der Waals surface area contributed by atoms with Gasteiger partial charge in [-0.25, -0.2) is 9.69 Å². The Kier molecular flexibility index (Phi) is 2.48. The maximum absolute atomic E-state index is 11.8. The van der Waals surface area contributed by atoms with E-state index in [2.05, 4.69) is 0 Å². The zero-order valence-electron chi connectivity index (χ0n) is 10.2. The van der Waals surface area contributed by atoms with Gasteiger partial charge in [-0.15, -0.1) is 0 Å². The molecule has 1 aliphatic heterocycles. The van der Waals surface area contributed by atoms with Crippen molar-refractivity contribution in [3.8, 4) is 0 Å². The summed E-state index contributed by atoms with van der Waals surface area (Å²) in [6.07, 6.45) is 3.25. The maximum atomic E-state index is 11.8. The first-order valence-electron chi connectivity index (χ1n) is 5.85. The van der Waals surface area contributed by atoms with Gasteiger partial charge in [0.05, 0.1) is 0 Å². The minimum atomic E-state index is -0.536. The van der Waals surface area contributed by atoms with Crippen LogP contribution in [0, 0.1) is 5.41 Å². The van der Waals surface area contributed by atoms with Crippen molar-refractivity contribution in [1.29, 1.82) is 0 Å². The highest BCUT2D eigenvalue weighted by atomic mass is 16.6. The molecule has 0 unspecified atom stereocenters. The first kappa shape index (κ1) is 11.4. The number of likely N-dealkylation sites (tertiary alicyclic amines) is 1. The van der Waals surface area contributed by atoms with Crippen molar-refractivity contribution in [2.45, 2.75) is 52.1 Å². The topological polar surface area (TPSA) is 46.6 Å². The van der Waals surface area contributed by atoms with Crippen molar-refractivity contribution in [2.75, 3.05) is 6.54 Å².